The van der Waals surface area contributed by atoms with Gasteiger partial charge in [0, 0.05) is 11.6 Å². The monoisotopic (exact) mass is 337 g/mol. The smallest absolute Gasteiger partial charge is 0.412 e. The summed E-state index contributed by atoms with van der Waals surface area (Å²) in [7, 11) is 0. The summed E-state index contributed by atoms with van der Waals surface area (Å²) in [6.07, 6.45) is 0.824. The molecule has 0 aliphatic heterocycles. The molecule has 0 spiro atoms. The zero-order valence-corrected chi connectivity index (χ0v) is 13.2. The molecule has 0 aliphatic rings. The normalized spacial score (nSPS) is 10.2. The van der Waals surface area contributed by atoms with Crippen LogP contribution in [-0.4, -0.2) is 33.6 Å². The molecule has 122 valence electrons. The van der Waals surface area contributed by atoms with Crippen LogP contribution in [0.5, 0.6) is 0 Å². The highest BCUT2D eigenvalue weighted by Crippen LogP contribution is 2.09. The quantitative estimate of drug-likeness (QED) is 0.837. The van der Waals surface area contributed by atoms with Gasteiger partial charge in [-0.2, -0.15) is 0 Å². The summed E-state index contributed by atoms with van der Waals surface area (Å²) in [5, 5.41) is 13.3. The molecule has 0 aliphatic carbocycles. The van der Waals surface area contributed by atoms with Gasteiger partial charge in [0.1, 0.15) is 6.54 Å². The lowest BCUT2D eigenvalue weighted by Gasteiger charge is -2.05. The molecule has 0 unspecified atom stereocenters. The van der Waals surface area contributed by atoms with Gasteiger partial charge in [0.15, 0.2) is 5.82 Å². The molecule has 2 amide bonds. The summed E-state index contributed by atoms with van der Waals surface area (Å²) >= 11 is 5.80. The Morgan fingerprint density at radius 2 is 2.04 bits per heavy atom. The minimum atomic E-state index is -0.619. The average molecular weight is 338 g/mol. The second-order valence-corrected chi connectivity index (χ2v) is 4.99. The molecule has 2 aromatic rings. The lowest BCUT2D eigenvalue weighted by atomic mass is 10.2. The number of hydrogen-bond acceptors (Lipinski definition) is 5. The zero-order valence-electron chi connectivity index (χ0n) is 12.5. The summed E-state index contributed by atoms with van der Waals surface area (Å²) in [5.74, 6) is -0.0125. The first-order valence-corrected chi connectivity index (χ1v) is 7.29. The maximum absolute atomic E-state index is 11.8. The fourth-order valence-corrected chi connectivity index (χ4v) is 1.84. The van der Waals surface area contributed by atoms with Gasteiger partial charge >= 0.3 is 6.09 Å². The number of carbonyl (C=O) groups is 2. The first kappa shape index (κ1) is 16.8. The molecule has 0 saturated carbocycles. The maximum atomic E-state index is 11.8. The van der Waals surface area contributed by atoms with Crippen molar-refractivity contribution in [2.24, 2.45) is 0 Å². The van der Waals surface area contributed by atoms with Crippen LogP contribution in [-0.2, 0) is 22.6 Å². The standard InChI is InChI=1S/C14H16ClN5O3/c1-2-23-14(22)17-12-8-20(19-18-12)9-13(21)16-7-10-3-5-11(15)6-4-10/h3-6,8H,2,7,9H2,1H3,(H,16,21)(H,17,22). The van der Waals surface area contributed by atoms with Crippen LogP contribution >= 0.6 is 11.6 Å². The molecule has 1 aromatic heterocycles. The molecule has 0 radical (unpaired) electrons. The molecule has 23 heavy (non-hydrogen) atoms. The third kappa shape index (κ3) is 5.59. The Balaban J connectivity index is 1.80. The molecule has 9 heteroatoms. The van der Waals surface area contributed by atoms with Crippen molar-refractivity contribution in [2.45, 2.75) is 20.0 Å². The number of aromatic nitrogens is 3. The molecule has 2 rings (SSSR count). The van der Waals surface area contributed by atoms with Crippen molar-refractivity contribution in [3.05, 3.63) is 41.0 Å². The predicted molar refractivity (Wildman–Crippen MR) is 84.0 cm³/mol. The van der Waals surface area contributed by atoms with Gasteiger partial charge in [0.25, 0.3) is 0 Å². The lowest BCUT2D eigenvalue weighted by Crippen LogP contribution is -2.27. The minimum absolute atomic E-state index is 0.00883. The van der Waals surface area contributed by atoms with E-state index in [2.05, 4.69) is 20.9 Å². The van der Waals surface area contributed by atoms with E-state index in [4.69, 9.17) is 16.3 Å². The van der Waals surface area contributed by atoms with Crippen LogP contribution in [0.25, 0.3) is 0 Å². The summed E-state index contributed by atoms with van der Waals surface area (Å²) in [6, 6.07) is 7.18. The summed E-state index contributed by atoms with van der Waals surface area (Å²) in [5.41, 5.74) is 0.936. The highest BCUT2D eigenvalue weighted by Gasteiger charge is 2.08. The van der Waals surface area contributed by atoms with Crippen molar-refractivity contribution in [1.29, 1.82) is 0 Å². The Hall–Kier alpha value is -2.61. The van der Waals surface area contributed by atoms with E-state index in [1.165, 1.54) is 10.9 Å². The fraction of sp³-hybridized carbons (Fsp3) is 0.286. The van der Waals surface area contributed by atoms with Crippen LogP contribution in [0, 0.1) is 0 Å². The van der Waals surface area contributed by atoms with Gasteiger partial charge in [0.2, 0.25) is 5.91 Å². The van der Waals surface area contributed by atoms with Crippen LogP contribution in [0.2, 0.25) is 5.02 Å². The second-order valence-electron chi connectivity index (χ2n) is 4.55. The largest absolute Gasteiger partial charge is 0.450 e. The van der Waals surface area contributed by atoms with Crippen molar-refractivity contribution >= 4 is 29.4 Å². The molecule has 0 fully saturated rings. The number of anilines is 1. The number of halogens is 1. The van der Waals surface area contributed by atoms with Crippen LogP contribution in [0.15, 0.2) is 30.5 Å². The van der Waals surface area contributed by atoms with Crippen LogP contribution in [0.3, 0.4) is 0 Å². The Bertz CT molecular complexity index is 671. The molecule has 1 aromatic carbocycles. The van der Waals surface area contributed by atoms with E-state index in [1.807, 2.05) is 12.1 Å². The van der Waals surface area contributed by atoms with Crippen LogP contribution in [0.4, 0.5) is 10.6 Å². The van der Waals surface area contributed by atoms with E-state index in [9.17, 15) is 9.59 Å². The zero-order chi connectivity index (χ0) is 16.7. The number of nitrogens with zero attached hydrogens (tertiary/aromatic N) is 3. The Morgan fingerprint density at radius 3 is 2.74 bits per heavy atom. The molecule has 0 bridgehead atoms. The number of benzene rings is 1. The number of amides is 2. The lowest BCUT2D eigenvalue weighted by molar-refractivity contribution is -0.122. The van der Waals surface area contributed by atoms with E-state index < -0.39 is 6.09 Å². The highest BCUT2D eigenvalue weighted by atomic mass is 35.5. The molecular formula is C14H16ClN5O3. The number of nitrogens with one attached hydrogen (secondary N) is 2. The van der Waals surface area contributed by atoms with E-state index in [1.54, 1.807) is 19.1 Å². The van der Waals surface area contributed by atoms with E-state index >= 15 is 0 Å². The Kier molecular flexibility index (Phi) is 5.93. The van der Waals surface area contributed by atoms with E-state index in [0.29, 0.717) is 11.6 Å². The average Bonchev–Trinajstić information content (AvgIpc) is 2.94. The van der Waals surface area contributed by atoms with Gasteiger partial charge < -0.3 is 10.1 Å². The summed E-state index contributed by atoms with van der Waals surface area (Å²) in [4.78, 5) is 23.1. The van der Waals surface area contributed by atoms with Gasteiger partial charge in [-0.15, -0.1) is 5.10 Å². The summed E-state index contributed by atoms with van der Waals surface area (Å²) < 4.78 is 6.03. The van der Waals surface area contributed by atoms with Gasteiger partial charge in [0.05, 0.1) is 12.8 Å². The van der Waals surface area contributed by atoms with E-state index in [-0.39, 0.29) is 24.9 Å². The number of ether oxygens (including phenoxy) is 1. The fourth-order valence-electron chi connectivity index (χ4n) is 1.71. The number of carbonyl (C=O) groups excluding carboxylic acids is 2. The van der Waals surface area contributed by atoms with Crippen molar-refractivity contribution in [1.82, 2.24) is 20.3 Å². The van der Waals surface area contributed by atoms with Crippen molar-refractivity contribution in [3.8, 4) is 0 Å². The van der Waals surface area contributed by atoms with Crippen molar-refractivity contribution in [3.63, 3.8) is 0 Å². The van der Waals surface area contributed by atoms with E-state index in [0.717, 1.165) is 5.56 Å². The molecule has 0 atom stereocenters. The minimum Gasteiger partial charge on any atom is -0.450 e. The van der Waals surface area contributed by atoms with Gasteiger partial charge in [-0.3, -0.25) is 10.1 Å². The number of hydrogen-bond donors (Lipinski definition) is 2. The molecule has 2 N–H and O–H groups in total. The third-order valence-corrected chi connectivity index (χ3v) is 3.00. The van der Waals surface area contributed by atoms with Gasteiger partial charge in [-0.1, -0.05) is 28.9 Å². The Morgan fingerprint density at radius 1 is 1.30 bits per heavy atom. The highest BCUT2D eigenvalue weighted by molar-refractivity contribution is 6.30. The topological polar surface area (TPSA) is 98.1 Å². The first-order chi connectivity index (χ1) is 11.1. The maximum Gasteiger partial charge on any atom is 0.412 e. The van der Waals surface area contributed by atoms with Crippen LogP contribution < -0.4 is 10.6 Å². The third-order valence-electron chi connectivity index (χ3n) is 2.75. The first-order valence-electron chi connectivity index (χ1n) is 6.92. The predicted octanol–water partition coefficient (Wildman–Crippen LogP) is 1.82. The molecular weight excluding hydrogens is 322 g/mol. The number of rotatable bonds is 6. The molecule has 1 heterocycles. The summed E-state index contributed by atoms with van der Waals surface area (Å²) in [6.45, 7) is 2.33. The van der Waals surface area contributed by atoms with Crippen molar-refractivity contribution < 1.29 is 14.3 Å². The van der Waals surface area contributed by atoms with Gasteiger partial charge in [-0.05, 0) is 24.6 Å². The van der Waals surface area contributed by atoms with Crippen LogP contribution in [0.1, 0.15) is 12.5 Å². The SMILES string of the molecule is CCOC(=O)Nc1cn(CC(=O)NCc2ccc(Cl)cc2)nn1. The van der Waals surface area contributed by atoms with Gasteiger partial charge in [-0.25, -0.2) is 9.48 Å². The second kappa shape index (κ2) is 8.14. The van der Waals surface area contributed by atoms with Crippen molar-refractivity contribution in [2.75, 3.05) is 11.9 Å². The molecule has 8 nitrogen and oxygen atoms in total. The molecule has 0 saturated heterocycles. The Labute approximate surface area is 137 Å².